The van der Waals surface area contributed by atoms with Crippen LogP contribution >= 0.6 is 0 Å². The molecule has 22 heavy (non-hydrogen) atoms. The molecule has 0 radical (unpaired) electrons. The van der Waals surface area contributed by atoms with Gasteiger partial charge in [0.1, 0.15) is 5.41 Å². The highest BCUT2D eigenvalue weighted by molar-refractivity contribution is 5.90. The molecule has 1 aliphatic heterocycles. The molecule has 2 aliphatic rings. The Kier molecular flexibility index (Phi) is 3.05. The molecular formula is C19H19NO2. The lowest BCUT2D eigenvalue weighted by Gasteiger charge is -2.43. The molecular weight excluding hydrogens is 274 g/mol. The molecule has 0 aromatic heterocycles. The monoisotopic (exact) mass is 293 g/mol. The lowest BCUT2D eigenvalue weighted by Crippen LogP contribution is -2.50. The second kappa shape index (κ2) is 4.96. The van der Waals surface area contributed by atoms with Crippen molar-refractivity contribution in [3.8, 4) is 0 Å². The second-order valence-corrected chi connectivity index (χ2v) is 6.26. The minimum atomic E-state index is -0.458. The summed E-state index contributed by atoms with van der Waals surface area (Å²) >= 11 is 0. The van der Waals surface area contributed by atoms with Crippen LogP contribution in [-0.4, -0.2) is 31.1 Å². The van der Waals surface area contributed by atoms with Crippen LogP contribution in [0, 0.1) is 0 Å². The predicted octanol–water partition coefficient (Wildman–Crippen LogP) is 2.71. The zero-order chi connectivity index (χ0) is 15.2. The summed E-state index contributed by atoms with van der Waals surface area (Å²) < 4.78 is 5.15. The Bertz CT molecular complexity index is 712. The molecule has 2 aromatic rings. The van der Waals surface area contributed by atoms with Gasteiger partial charge in [-0.05, 0) is 16.7 Å². The minimum absolute atomic E-state index is 0.0910. The first-order valence-electron chi connectivity index (χ1n) is 7.70. The summed E-state index contributed by atoms with van der Waals surface area (Å²) in [5, 5.41) is 0. The van der Waals surface area contributed by atoms with Gasteiger partial charge in [-0.15, -0.1) is 0 Å². The number of carbonyl (C=O) groups is 1. The summed E-state index contributed by atoms with van der Waals surface area (Å²) in [6.45, 7) is 2.54. The number of nitrogens with zero attached hydrogens (tertiary/aromatic N) is 1. The van der Waals surface area contributed by atoms with Crippen molar-refractivity contribution in [3.05, 3.63) is 71.3 Å². The van der Waals surface area contributed by atoms with Crippen molar-refractivity contribution in [2.75, 3.05) is 20.2 Å². The normalized spacial score (nSPS) is 26.0. The summed E-state index contributed by atoms with van der Waals surface area (Å²) in [7, 11) is 1.49. The van der Waals surface area contributed by atoms with Gasteiger partial charge in [-0.3, -0.25) is 9.69 Å². The van der Waals surface area contributed by atoms with Crippen LogP contribution in [0.4, 0.5) is 0 Å². The molecule has 1 saturated heterocycles. The lowest BCUT2D eigenvalue weighted by atomic mass is 9.58. The highest BCUT2D eigenvalue weighted by Crippen LogP contribution is 2.56. The van der Waals surface area contributed by atoms with E-state index in [-0.39, 0.29) is 11.9 Å². The van der Waals surface area contributed by atoms with E-state index in [4.69, 9.17) is 4.74 Å². The molecule has 0 unspecified atom stereocenters. The van der Waals surface area contributed by atoms with Gasteiger partial charge in [0.05, 0.1) is 7.11 Å². The highest BCUT2D eigenvalue weighted by atomic mass is 16.5. The van der Waals surface area contributed by atoms with Crippen molar-refractivity contribution in [1.29, 1.82) is 0 Å². The number of methoxy groups -OCH3 is 1. The van der Waals surface area contributed by atoms with Crippen molar-refractivity contribution < 1.29 is 9.53 Å². The molecule has 0 saturated carbocycles. The van der Waals surface area contributed by atoms with E-state index in [2.05, 4.69) is 47.4 Å². The van der Waals surface area contributed by atoms with Crippen LogP contribution in [0.5, 0.6) is 0 Å². The smallest absolute Gasteiger partial charge is 0.318 e. The standard InChI is InChI=1S/C19H19NO2/c1-22-18(21)19-13-20(11-14-7-3-2-4-8-14)12-17(19)15-9-5-6-10-16(15)19/h2-10,17H,11-13H2,1H3/t17-,19-/m0/s1. The number of ether oxygens (including phenoxy) is 1. The number of likely N-dealkylation sites (tertiary alicyclic amines) is 1. The third kappa shape index (κ3) is 1.75. The average molecular weight is 293 g/mol. The molecule has 0 N–H and O–H groups in total. The lowest BCUT2D eigenvalue weighted by molar-refractivity contribution is -0.148. The fraction of sp³-hybridized carbons (Fsp3) is 0.316. The summed E-state index contributed by atoms with van der Waals surface area (Å²) in [4.78, 5) is 14.9. The number of rotatable bonds is 3. The highest BCUT2D eigenvalue weighted by Gasteiger charge is 2.62. The van der Waals surface area contributed by atoms with E-state index in [0.717, 1.165) is 25.2 Å². The van der Waals surface area contributed by atoms with Gasteiger partial charge < -0.3 is 4.74 Å². The maximum Gasteiger partial charge on any atom is 0.318 e. The number of carbonyl (C=O) groups excluding carboxylic acids is 1. The summed E-state index contributed by atoms with van der Waals surface area (Å²) in [5.41, 5.74) is 3.29. The number of esters is 1. The van der Waals surface area contributed by atoms with Crippen LogP contribution in [0.1, 0.15) is 22.6 Å². The fourth-order valence-corrected chi connectivity index (χ4v) is 4.17. The summed E-state index contributed by atoms with van der Waals surface area (Å²) in [6.07, 6.45) is 0. The first-order valence-corrected chi connectivity index (χ1v) is 7.70. The molecule has 0 amide bonds. The summed E-state index contributed by atoms with van der Waals surface area (Å²) in [6, 6.07) is 18.7. The molecule has 1 fully saturated rings. The Morgan fingerprint density at radius 3 is 2.68 bits per heavy atom. The minimum Gasteiger partial charge on any atom is -0.468 e. The van der Waals surface area contributed by atoms with Crippen LogP contribution < -0.4 is 0 Å². The van der Waals surface area contributed by atoms with E-state index in [1.165, 1.54) is 18.2 Å². The number of fused-ring (bicyclic) bond motifs is 4. The van der Waals surface area contributed by atoms with Crippen molar-refractivity contribution in [2.45, 2.75) is 17.9 Å². The van der Waals surface area contributed by atoms with Gasteiger partial charge >= 0.3 is 5.97 Å². The molecule has 112 valence electrons. The van der Waals surface area contributed by atoms with Gasteiger partial charge in [0.25, 0.3) is 0 Å². The van der Waals surface area contributed by atoms with Crippen LogP contribution in [0.2, 0.25) is 0 Å². The molecule has 2 atom stereocenters. The SMILES string of the molecule is COC(=O)[C@]12CN(Cc3ccccc3)C[C@H]1c1ccccc12. The van der Waals surface area contributed by atoms with Crippen molar-refractivity contribution in [3.63, 3.8) is 0 Å². The average Bonchev–Trinajstić information content (AvgIpc) is 2.88. The van der Waals surface area contributed by atoms with Crippen molar-refractivity contribution >= 4 is 5.97 Å². The molecule has 1 heterocycles. The summed E-state index contributed by atoms with van der Waals surface area (Å²) in [5.74, 6) is 0.173. The van der Waals surface area contributed by atoms with Crippen LogP contribution in [-0.2, 0) is 21.5 Å². The van der Waals surface area contributed by atoms with Gasteiger partial charge in [0.2, 0.25) is 0 Å². The molecule has 0 bridgehead atoms. The molecule has 4 rings (SSSR count). The maximum atomic E-state index is 12.5. The van der Waals surface area contributed by atoms with Crippen LogP contribution in [0.3, 0.4) is 0 Å². The van der Waals surface area contributed by atoms with Crippen molar-refractivity contribution in [2.24, 2.45) is 0 Å². The van der Waals surface area contributed by atoms with Gasteiger partial charge in [-0.1, -0.05) is 54.6 Å². The third-order valence-electron chi connectivity index (χ3n) is 5.12. The molecule has 3 heteroatoms. The van der Waals surface area contributed by atoms with E-state index in [1.807, 2.05) is 12.1 Å². The second-order valence-electron chi connectivity index (χ2n) is 6.26. The van der Waals surface area contributed by atoms with Crippen molar-refractivity contribution in [1.82, 2.24) is 4.90 Å². The van der Waals surface area contributed by atoms with E-state index >= 15 is 0 Å². The molecule has 0 spiro atoms. The first kappa shape index (κ1) is 13.5. The maximum absolute atomic E-state index is 12.5. The Labute approximate surface area is 130 Å². The van der Waals surface area contributed by atoms with E-state index in [1.54, 1.807) is 0 Å². The van der Waals surface area contributed by atoms with Gasteiger partial charge in [0.15, 0.2) is 0 Å². The molecule has 2 aromatic carbocycles. The van der Waals surface area contributed by atoms with E-state index in [9.17, 15) is 4.79 Å². The number of hydrogen-bond acceptors (Lipinski definition) is 3. The molecule has 1 aliphatic carbocycles. The zero-order valence-electron chi connectivity index (χ0n) is 12.7. The largest absolute Gasteiger partial charge is 0.468 e. The zero-order valence-corrected chi connectivity index (χ0v) is 12.7. The van der Waals surface area contributed by atoms with Gasteiger partial charge in [-0.25, -0.2) is 0 Å². The Balaban J connectivity index is 1.65. The predicted molar refractivity (Wildman–Crippen MR) is 84.6 cm³/mol. The third-order valence-corrected chi connectivity index (χ3v) is 5.12. The van der Waals surface area contributed by atoms with Crippen LogP contribution in [0.15, 0.2) is 54.6 Å². The quantitative estimate of drug-likeness (QED) is 0.815. The van der Waals surface area contributed by atoms with E-state index < -0.39 is 5.41 Å². The van der Waals surface area contributed by atoms with Crippen LogP contribution in [0.25, 0.3) is 0 Å². The number of hydrogen-bond donors (Lipinski definition) is 0. The fourth-order valence-electron chi connectivity index (χ4n) is 4.17. The topological polar surface area (TPSA) is 29.5 Å². The first-order chi connectivity index (χ1) is 10.8. The Hall–Kier alpha value is -2.13. The van der Waals surface area contributed by atoms with Gasteiger partial charge in [0, 0.05) is 25.6 Å². The van der Waals surface area contributed by atoms with E-state index in [0.29, 0.717) is 0 Å². The number of benzene rings is 2. The van der Waals surface area contributed by atoms with Gasteiger partial charge in [-0.2, -0.15) is 0 Å². The Morgan fingerprint density at radius 1 is 1.18 bits per heavy atom. The molecule has 3 nitrogen and oxygen atoms in total. The Morgan fingerprint density at radius 2 is 1.91 bits per heavy atom.